The Hall–Kier alpha value is -3.13. The minimum Gasteiger partial charge on any atom is -0.493 e. The van der Waals surface area contributed by atoms with Crippen LogP contribution in [0.4, 0.5) is 5.82 Å². The average molecular weight is 383 g/mol. The molecule has 0 aliphatic carbocycles. The molecule has 0 saturated carbocycles. The van der Waals surface area contributed by atoms with Crippen LogP contribution in [-0.4, -0.2) is 36.1 Å². The highest BCUT2D eigenvalue weighted by atomic mass is 32.1. The van der Waals surface area contributed by atoms with Gasteiger partial charge in [-0.1, -0.05) is 6.07 Å². The zero-order chi connectivity index (χ0) is 19.0. The highest BCUT2D eigenvalue weighted by Crippen LogP contribution is 2.42. The Morgan fingerprint density at radius 1 is 1.22 bits per heavy atom. The van der Waals surface area contributed by atoms with Crippen LogP contribution in [0.25, 0.3) is 11.3 Å². The number of aromatic amines is 1. The smallest absolute Gasteiger partial charge is 0.226 e. The van der Waals surface area contributed by atoms with Crippen molar-refractivity contribution >= 4 is 28.8 Å². The van der Waals surface area contributed by atoms with Crippen molar-refractivity contribution in [2.75, 3.05) is 19.5 Å². The van der Waals surface area contributed by atoms with Gasteiger partial charge >= 0.3 is 0 Å². The lowest BCUT2D eigenvalue weighted by Gasteiger charge is -2.21. The first-order chi connectivity index (χ1) is 13.1. The van der Waals surface area contributed by atoms with Crippen molar-refractivity contribution < 1.29 is 19.1 Å². The molecule has 7 nitrogen and oxygen atoms in total. The molecule has 8 heteroatoms. The van der Waals surface area contributed by atoms with Gasteiger partial charge in [0, 0.05) is 17.5 Å². The van der Waals surface area contributed by atoms with Gasteiger partial charge in [-0.15, -0.1) is 11.3 Å². The van der Waals surface area contributed by atoms with Crippen LogP contribution >= 0.6 is 11.3 Å². The van der Waals surface area contributed by atoms with Gasteiger partial charge in [-0.05, 0) is 29.6 Å². The Balaban J connectivity index is 1.82. The Kier molecular flexibility index (Phi) is 4.41. The van der Waals surface area contributed by atoms with Crippen LogP contribution in [0.3, 0.4) is 0 Å². The molecule has 2 N–H and O–H groups in total. The first kappa shape index (κ1) is 17.3. The lowest BCUT2D eigenvalue weighted by Crippen LogP contribution is -2.27. The molecule has 1 aromatic carbocycles. The van der Waals surface area contributed by atoms with Crippen LogP contribution in [0.15, 0.2) is 35.7 Å². The standard InChI is InChI=1S/C19H17N3O4S/c1-25-12-6-5-10(8-13(12)26-2)17-16-11(18(24)14-4-3-7-27-14)9-15(23)20-19(16)22-21-17/h3-8,11H,9H2,1-2H3,(H2,20,21,22,23). The predicted molar refractivity (Wildman–Crippen MR) is 102 cm³/mol. The molecular formula is C19H17N3O4S. The number of thiophene rings is 1. The van der Waals surface area contributed by atoms with Crippen LogP contribution in [0.2, 0.25) is 0 Å². The lowest BCUT2D eigenvalue weighted by molar-refractivity contribution is -0.116. The highest BCUT2D eigenvalue weighted by molar-refractivity contribution is 7.12. The van der Waals surface area contributed by atoms with Crippen molar-refractivity contribution in [3.8, 4) is 22.8 Å². The summed E-state index contributed by atoms with van der Waals surface area (Å²) in [6.45, 7) is 0. The SMILES string of the molecule is COc1ccc(-c2[nH]nc3c2C(C(=O)c2cccs2)CC(=O)N3)cc1OC. The number of fused-ring (bicyclic) bond motifs is 1. The number of benzene rings is 1. The fourth-order valence-electron chi connectivity index (χ4n) is 3.28. The third kappa shape index (κ3) is 2.97. The molecule has 2 aromatic heterocycles. The second kappa shape index (κ2) is 6.88. The number of methoxy groups -OCH3 is 2. The van der Waals surface area contributed by atoms with Gasteiger partial charge in [0.05, 0.1) is 30.7 Å². The molecule has 1 amide bonds. The number of carbonyl (C=O) groups excluding carboxylic acids is 2. The zero-order valence-corrected chi connectivity index (χ0v) is 15.6. The van der Waals surface area contributed by atoms with Crippen molar-refractivity contribution in [3.63, 3.8) is 0 Å². The van der Waals surface area contributed by atoms with Crippen molar-refractivity contribution in [1.82, 2.24) is 10.2 Å². The lowest BCUT2D eigenvalue weighted by atomic mass is 9.86. The number of Topliss-reactive ketones (excluding diaryl/α,β-unsaturated/α-hetero) is 1. The van der Waals surface area contributed by atoms with Crippen LogP contribution in [0.5, 0.6) is 11.5 Å². The summed E-state index contributed by atoms with van der Waals surface area (Å²) < 4.78 is 10.7. The summed E-state index contributed by atoms with van der Waals surface area (Å²) in [5.74, 6) is 0.681. The van der Waals surface area contributed by atoms with Crippen LogP contribution < -0.4 is 14.8 Å². The molecule has 27 heavy (non-hydrogen) atoms. The highest BCUT2D eigenvalue weighted by Gasteiger charge is 2.36. The summed E-state index contributed by atoms with van der Waals surface area (Å²) in [5, 5.41) is 11.8. The molecule has 1 atom stereocenters. The van der Waals surface area contributed by atoms with E-state index in [9.17, 15) is 9.59 Å². The topological polar surface area (TPSA) is 93.3 Å². The first-order valence-electron chi connectivity index (χ1n) is 8.30. The number of aromatic nitrogens is 2. The molecule has 4 rings (SSSR count). The number of rotatable bonds is 5. The molecule has 0 spiro atoms. The molecular weight excluding hydrogens is 366 g/mol. The summed E-state index contributed by atoms with van der Waals surface area (Å²) in [6, 6.07) is 9.06. The molecule has 3 aromatic rings. The fraction of sp³-hybridized carbons (Fsp3) is 0.211. The van der Waals surface area contributed by atoms with Gasteiger partial charge in [-0.3, -0.25) is 14.7 Å². The number of carbonyl (C=O) groups is 2. The number of ether oxygens (including phenoxy) is 2. The van der Waals surface area contributed by atoms with E-state index in [0.29, 0.717) is 33.5 Å². The maximum atomic E-state index is 13.0. The molecule has 1 aliphatic heterocycles. The van der Waals surface area contributed by atoms with Crippen LogP contribution in [0, 0.1) is 0 Å². The average Bonchev–Trinajstić information content (AvgIpc) is 3.36. The second-order valence-electron chi connectivity index (χ2n) is 6.08. The maximum absolute atomic E-state index is 13.0. The van der Waals surface area contributed by atoms with E-state index in [2.05, 4.69) is 15.5 Å². The molecule has 0 bridgehead atoms. The summed E-state index contributed by atoms with van der Waals surface area (Å²) in [7, 11) is 3.13. The summed E-state index contributed by atoms with van der Waals surface area (Å²) in [6.07, 6.45) is 0.0869. The van der Waals surface area contributed by atoms with Crippen molar-refractivity contribution in [2.45, 2.75) is 12.3 Å². The minimum atomic E-state index is -0.589. The van der Waals surface area contributed by atoms with Crippen molar-refractivity contribution in [3.05, 3.63) is 46.2 Å². The molecule has 1 unspecified atom stereocenters. The molecule has 0 radical (unpaired) electrons. The van der Waals surface area contributed by atoms with E-state index < -0.39 is 5.92 Å². The van der Waals surface area contributed by atoms with Crippen molar-refractivity contribution in [2.24, 2.45) is 0 Å². The summed E-state index contributed by atoms with van der Waals surface area (Å²) >= 11 is 1.37. The van der Waals surface area contributed by atoms with Gasteiger partial charge in [-0.2, -0.15) is 5.10 Å². The quantitative estimate of drug-likeness (QED) is 0.658. The van der Waals surface area contributed by atoms with Gasteiger partial charge in [0.15, 0.2) is 23.1 Å². The third-order valence-electron chi connectivity index (χ3n) is 4.55. The normalized spacial score (nSPS) is 15.8. The van der Waals surface area contributed by atoms with E-state index in [1.807, 2.05) is 23.6 Å². The third-order valence-corrected chi connectivity index (χ3v) is 5.44. The Morgan fingerprint density at radius 3 is 2.74 bits per heavy atom. The van der Waals surface area contributed by atoms with Gasteiger partial charge in [0.25, 0.3) is 0 Å². The van der Waals surface area contributed by atoms with E-state index in [1.54, 1.807) is 26.4 Å². The Labute approximate surface area is 159 Å². The summed E-state index contributed by atoms with van der Waals surface area (Å²) in [4.78, 5) is 25.7. The number of nitrogens with zero attached hydrogens (tertiary/aromatic N) is 1. The first-order valence-corrected chi connectivity index (χ1v) is 9.18. The Bertz CT molecular complexity index is 1010. The number of hydrogen-bond acceptors (Lipinski definition) is 6. The second-order valence-corrected chi connectivity index (χ2v) is 7.02. The number of anilines is 1. The summed E-state index contributed by atoms with van der Waals surface area (Å²) in [5.41, 5.74) is 2.17. The molecule has 138 valence electrons. The number of H-pyrrole nitrogens is 1. The fourth-order valence-corrected chi connectivity index (χ4v) is 4.00. The maximum Gasteiger partial charge on any atom is 0.226 e. The number of hydrogen-bond donors (Lipinski definition) is 2. The van der Waals surface area contributed by atoms with Gasteiger partial charge < -0.3 is 14.8 Å². The largest absolute Gasteiger partial charge is 0.493 e. The molecule has 0 saturated heterocycles. The van der Waals surface area contributed by atoms with E-state index in [1.165, 1.54) is 11.3 Å². The monoisotopic (exact) mass is 383 g/mol. The Morgan fingerprint density at radius 2 is 2.04 bits per heavy atom. The van der Waals surface area contributed by atoms with E-state index in [0.717, 1.165) is 5.56 Å². The minimum absolute atomic E-state index is 0.0794. The van der Waals surface area contributed by atoms with Crippen LogP contribution in [0.1, 0.15) is 27.6 Å². The number of amides is 1. The van der Waals surface area contributed by atoms with E-state index in [-0.39, 0.29) is 18.1 Å². The zero-order valence-electron chi connectivity index (χ0n) is 14.7. The van der Waals surface area contributed by atoms with Crippen LogP contribution in [-0.2, 0) is 4.79 Å². The van der Waals surface area contributed by atoms with E-state index >= 15 is 0 Å². The van der Waals surface area contributed by atoms with Gasteiger partial charge in [0.2, 0.25) is 5.91 Å². The van der Waals surface area contributed by atoms with Gasteiger partial charge in [0.1, 0.15) is 0 Å². The van der Waals surface area contributed by atoms with Gasteiger partial charge in [-0.25, -0.2) is 0 Å². The predicted octanol–water partition coefficient (Wildman–Crippen LogP) is 3.46. The molecule has 3 heterocycles. The number of nitrogens with one attached hydrogen (secondary N) is 2. The number of ketones is 1. The molecule has 1 aliphatic rings. The molecule has 0 fully saturated rings. The van der Waals surface area contributed by atoms with Crippen molar-refractivity contribution in [1.29, 1.82) is 0 Å². The van der Waals surface area contributed by atoms with E-state index in [4.69, 9.17) is 9.47 Å².